The van der Waals surface area contributed by atoms with Crippen molar-refractivity contribution in [3.05, 3.63) is 83.4 Å². The van der Waals surface area contributed by atoms with E-state index in [1.165, 1.54) is 62.5 Å². The van der Waals surface area contributed by atoms with Crippen molar-refractivity contribution >= 4 is 0 Å². The molecular weight excluding hydrogens is 348 g/mol. The van der Waals surface area contributed by atoms with Crippen LogP contribution in [-0.4, -0.2) is 0 Å². The quantitative estimate of drug-likeness (QED) is 0.248. The zero-order chi connectivity index (χ0) is 20.3. The fourth-order valence-corrected chi connectivity index (χ4v) is 4.26. The average Bonchev–Trinajstić information content (AvgIpc) is 2.76. The molecule has 152 valence electrons. The van der Waals surface area contributed by atoms with Gasteiger partial charge in [0.1, 0.15) is 0 Å². The van der Waals surface area contributed by atoms with Crippen molar-refractivity contribution in [2.75, 3.05) is 0 Å². The van der Waals surface area contributed by atoms with Crippen LogP contribution in [0.4, 0.5) is 0 Å². The van der Waals surface area contributed by atoms with Crippen molar-refractivity contribution in [3.63, 3.8) is 0 Å². The molecule has 2 aromatic rings. The van der Waals surface area contributed by atoms with Crippen molar-refractivity contribution in [1.82, 2.24) is 0 Å². The van der Waals surface area contributed by atoms with Gasteiger partial charge >= 0.3 is 0 Å². The highest BCUT2D eigenvalue weighted by Gasteiger charge is 2.17. The molecular formula is C29H36. The third-order valence-corrected chi connectivity index (χ3v) is 6.36. The van der Waals surface area contributed by atoms with Crippen LogP contribution in [0.1, 0.15) is 80.5 Å². The minimum Gasteiger partial charge on any atom is -0.103 e. The van der Waals surface area contributed by atoms with E-state index in [0.717, 1.165) is 35.8 Å². The number of hydrogen-bond acceptors (Lipinski definition) is 0. The molecule has 1 saturated carbocycles. The lowest BCUT2D eigenvalue weighted by Crippen LogP contribution is -2.12. The van der Waals surface area contributed by atoms with Gasteiger partial charge in [-0.2, -0.15) is 0 Å². The summed E-state index contributed by atoms with van der Waals surface area (Å²) in [5, 5.41) is 0. The molecule has 1 fully saturated rings. The fourth-order valence-electron chi connectivity index (χ4n) is 4.26. The molecule has 0 nitrogen and oxygen atoms in total. The standard InChI is InChI=1S/C29H36/c1-3-4-5-6-7-25-12-14-27(15-13-25)18-19-29-22-20-28(21-23-29)17-16-26-10-8-24(2)9-11-26/h3,12-15,20-24,26H,1,4-11,16-17H2,2H3. The zero-order valence-electron chi connectivity index (χ0n) is 18.1. The van der Waals surface area contributed by atoms with Crippen LogP contribution in [0.5, 0.6) is 0 Å². The van der Waals surface area contributed by atoms with E-state index in [9.17, 15) is 0 Å². The van der Waals surface area contributed by atoms with Gasteiger partial charge in [-0.25, -0.2) is 0 Å². The van der Waals surface area contributed by atoms with Gasteiger partial charge < -0.3 is 0 Å². The zero-order valence-corrected chi connectivity index (χ0v) is 18.1. The van der Waals surface area contributed by atoms with Crippen LogP contribution < -0.4 is 0 Å². The molecule has 0 heteroatoms. The number of benzene rings is 2. The molecule has 0 aliphatic heterocycles. The molecule has 0 unspecified atom stereocenters. The molecule has 0 bridgehead atoms. The van der Waals surface area contributed by atoms with Gasteiger partial charge in [0.15, 0.2) is 0 Å². The Balaban J connectivity index is 1.46. The van der Waals surface area contributed by atoms with E-state index in [0.29, 0.717) is 0 Å². The summed E-state index contributed by atoms with van der Waals surface area (Å²) in [5.74, 6) is 8.51. The van der Waals surface area contributed by atoms with Crippen LogP contribution in [0.15, 0.2) is 61.2 Å². The van der Waals surface area contributed by atoms with Crippen molar-refractivity contribution in [3.8, 4) is 11.8 Å². The Kier molecular flexibility index (Phi) is 8.63. The molecule has 0 amide bonds. The first-order valence-corrected chi connectivity index (χ1v) is 11.5. The van der Waals surface area contributed by atoms with Gasteiger partial charge in [-0.1, -0.05) is 74.8 Å². The Labute approximate surface area is 178 Å². The fraction of sp³-hybridized carbons (Fsp3) is 0.448. The van der Waals surface area contributed by atoms with Crippen molar-refractivity contribution in [2.45, 2.75) is 71.1 Å². The molecule has 2 aromatic carbocycles. The lowest BCUT2D eigenvalue weighted by Gasteiger charge is -2.26. The van der Waals surface area contributed by atoms with Gasteiger partial charge in [0, 0.05) is 11.1 Å². The number of unbranched alkanes of at least 4 members (excludes halogenated alkanes) is 2. The van der Waals surface area contributed by atoms with Gasteiger partial charge in [0.05, 0.1) is 0 Å². The number of aryl methyl sites for hydroxylation is 2. The van der Waals surface area contributed by atoms with Crippen molar-refractivity contribution < 1.29 is 0 Å². The maximum atomic E-state index is 3.78. The Bertz CT molecular complexity index is 790. The van der Waals surface area contributed by atoms with Gasteiger partial charge in [-0.15, -0.1) is 6.58 Å². The van der Waals surface area contributed by atoms with E-state index < -0.39 is 0 Å². The summed E-state index contributed by atoms with van der Waals surface area (Å²) in [5.41, 5.74) is 5.05. The van der Waals surface area contributed by atoms with Gasteiger partial charge in [0.2, 0.25) is 0 Å². The lowest BCUT2D eigenvalue weighted by molar-refractivity contribution is 0.278. The van der Waals surface area contributed by atoms with Crippen molar-refractivity contribution in [2.24, 2.45) is 11.8 Å². The monoisotopic (exact) mass is 384 g/mol. The van der Waals surface area contributed by atoms with Crippen LogP contribution in [0, 0.1) is 23.7 Å². The SMILES string of the molecule is C=CCCCCc1ccc(C#Cc2ccc(CCC3CCC(C)CC3)cc2)cc1. The summed E-state index contributed by atoms with van der Waals surface area (Å²) >= 11 is 0. The molecule has 0 N–H and O–H groups in total. The van der Waals surface area contributed by atoms with E-state index >= 15 is 0 Å². The summed E-state index contributed by atoms with van der Waals surface area (Å²) in [7, 11) is 0. The summed E-state index contributed by atoms with van der Waals surface area (Å²) in [6.07, 6.45) is 15.0. The molecule has 0 saturated heterocycles. The maximum absolute atomic E-state index is 3.78. The smallest absolute Gasteiger partial charge is 0.0249 e. The predicted octanol–water partition coefficient (Wildman–Crippen LogP) is 7.74. The number of rotatable bonds is 8. The normalized spacial score (nSPS) is 18.7. The highest BCUT2D eigenvalue weighted by molar-refractivity contribution is 5.44. The van der Waals surface area contributed by atoms with Crippen LogP contribution in [0.25, 0.3) is 0 Å². The van der Waals surface area contributed by atoms with E-state index in [1.54, 1.807) is 0 Å². The third-order valence-electron chi connectivity index (χ3n) is 6.36. The van der Waals surface area contributed by atoms with Gasteiger partial charge in [0.25, 0.3) is 0 Å². The molecule has 0 atom stereocenters. The highest BCUT2D eigenvalue weighted by atomic mass is 14.2. The second-order valence-corrected chi connectivity index (χ2v) is 8.84. The van der Waals surface area contributed by atoms with Crippen LogP contribution in [-0.2, 0) is 12.8 Å². The van der Waals surface area contributed by atoms with E-state index in [-0.39, 0.29) is 0 Å². The second-order valence-electron chi connectivity index (χ2n) is 8.84. The first-order chi connectivity index (χ1) is 14.2. The topological polar surface area (TPSA) is 0 Å². The van der Waals surface area contributed by atoms with Gasteiger partial charge in [-0.3, -0.25) is 0 Å². The van der Waals surface area contributed by atoms with Crippen LogP contribution >= 0.6 is 0 Å². The molecule has 0 radical (unpaired) electrons. The molecule has 29 heavy (non-hydrogen) atoms. The van der Waals surface area contributed by atoms with E-state index in [2.05, 4.69) is 73.9 Å². The summed E-state index contributed by atoms with van der Waals surface area (Å²) in [6.45, 7) is 6.18. The Hall–Kier alpha value is -2.26. The highest BCUT2D eigenvalue weighted by Crippen LogP contribution is 2.31. The maximum Gasteiger partial charge on any atom is 0.0249 e. The Morgan fingerprint density at radius 1 is 0.793 bits per heavy atom. The van der Waals surface area contributed by atoms with Crippen LogP contribution in [0.3, 0.4) is 0 Å². The molecule has 1 aliphatic carbocycles. The summed E-state index contributed by atoms with van der Waals surface area (Å²) < 4.78 is 0. The first kappa shape index (κ1) is 21.4. The van der Waals surface area contributed by atoms with Crippen molar-refractivity contribution in [1.29, 1.82) is 0 Å². The largest absolute Gasteiger partial charge is 0.103 e. The Morgan fingerprint density at radius 2 is 1.34 bits per heavy atom. The minimum absolute atomic E-state index is 0.940. The number of allylic oxidation sites excluding steroid dienone is 1. The summed E-state index contributed by atoms with van der Waals surface area (Å²) in [4.78, 5) is 0. The third kappa shape index (κ3) is 7.58. The lowest BCUT2D eigenvalue weighted by atomic mass is 9.80. The molecule has 0 heterocycles. The van der Waals surface area contributed by atoms with Gasteiger partial charge in [-0.05, 0) is 85.8 Å². The average molecular weight is 385 g/mol. The second kappa shape index (κ2) is 11.7. The molecule has 0 aromatic heterocycles. The number of hydrogen-bond donors (Lipinski definition) is 0. The van der Waals surface area contributed by atoms with E-state index in [4.69, 9.17) is 0 Å². The summed E-state index contributed by atoms with van der Waals surface area (Å²) in [6, 6.07) is 17.6. The molecule has 3 rings (SSSR count). The first-order valence-electron chi connectivity index (χ1n) is 11.5. The Morgan fingerprint density at radius 3 is 1.90 bits per heavy atom. The molecule has 1 aliphatic rings. The minimum atomic E-state index is 0.940. The van der Waals surface area contributed by atoms with Crippen LogP contribution in [0.2, 0.25) is 0 Å². The van der Waals surface area contributed by atoms with E-state index in [1.807, 2.05) is 6.08 Å². The molecule has 0 spiro atoms. The predicted molar refractivity (Wildman–Crippen MR) is 126 cm³/mol.